The lowest BCUT2D eigenvalue weighted by molar-refractivity contribution is -0.116. The number of carbonyl (C=O) groups is 1. The van der Waals surface area contributed by atoms with Gasteiger partial charge in [0, 0.05) is 36.6 Å². The number of para-hydroxylation sites is 1. The van der Waals surface area contributed by atoms with Crippen molar-refractivity contribution in [3.63, 3.8) is 0 Å². The average molecular weight is 445 g/mol. The highest BCUT2D eigenvalue weighted by molar-refractivity contribution is 7.99. The summed E-state index contributed by atoms with van der Waals surface area (Å²) < 4.78 is 0. The summed E-state index contributed by atoms with van der Waals surface area (Å²) in [6.45, 7) is 3.08. The molecule has 1 aromatic heterocycles. The number of hydrogen-bond donors (Lipinski definition) is 0. The molecule has 2 aliphatic rings. The highest BCUT2D eigenvalue weighted by atomic mass is 32.2. The summed E-state index contributed by atoms with van der Waals surface area (Å²) in [5.41, 5.74) is 5.52. The molecule has 2 aliphatic heterocycles. The van der Waals surface area contributed by atoms with E-state index in [0.717, 1.165) is 54.4 Å². The molecule has 0 radical (unpaired) electrons. The van der Waals surface area contributed by atoms with E-state index >= 15 is 0 Å². The van der Waals surface area contributed by atoms with Crippen LogP contribution in [0.2, 0.25) is 0 Å². The zero-order valence-electron chi connectivity index (χ0n) is 18.2. The first kappa shape index (κ1) is 21.0. The van der Waals surface area contributed by atoms with E-state index in [1.54, 1.807) is 0 Å². The van der Waals surface area contributed by atoms with Gasteiger partial charge in [-0.05, 0) is 68.0 Å². The van der Waals surface area contributed by atoms with Crippen LogP contribution in [-0.4, -0.2) is 41.5 Å². The quantitative estimate of drug-likeness (QED) is 0.506. The zero-order chi connectivity index (χ0) is 21.8. The van der Waals surface area contributed by atoms with E-state index in [2.05, 4.69) is 45.4 Å². The Morgan fingerprint density at radius 2 is 1.66 bits per heavy atom. The number of aromatic nitrogens is 2. The van der Waals surface area contributed by atoms with Gasteiger partial charge >= 0.3 is 0 Å². The number of thioether (sulfide) groups is 1. The van der Waals surface area contributed by atoms with Gasteiger partial charge in [-0.2, -0.15) is 0 Å². The lowest BCUT2D eigenvalue weighted by atomic mass is 10.0. The molecule has 1 saturated heterocycles. The van der Waals surface area contributed by atoms with Crippen molar-refractivity contribution < 1.29 is 4.79 Å². The molecule has 164 valence electrons. The minimum atomic E-state index is 0.126. The number of fused-ring (bicyclic) bond motifs is 1. The summed E-state index contributed by atoms with van der Waals surface area (Å²) >= 11 is 1.45. The molecule has 2 aromatic carbocycles. The van der Waals surface area contributed by atoms with Gasteiger partial charge in [0.15, 0.2) is 0 Å². The summed E-state index contributed by atoms with van der Waals surface area (Å²) in [4.78, 5) is 17.2. The van der Waals surface area contributed by atoms with Crippen molar-refractivity contribution in [1.29, 1.82) is 0 Å². The Kier molecular flexibility index (Phi) is 6.39. The average Bonchev–Trinajstić information content (AvgIpc) is 2.88. The number of nitrogens with zero attached hydrogens (tertiary/aromatic N) is 4. The molecule has 1 fully saturated rings. The number of carbonyl (C=O) groups excluding carboxylic acids is 1. The Labute approximate surface area is 193 Å². The molecular formula is C26H28N4OS. The van der Waals surface area contributed by atoms with Crippen molar-refractivity contribution in [1.82, 2.24) is 10.2 Å². The molecule has 0 spiro atoms. The minimum absolute atomic E-state index is 0.126. The topological polar surface area (TPSA) is 49.3 Å². The van der Waals surface area contributed by atoms with Gasteiger partial charge in [0.25, 0.3) is 0 Å². The van der Waals surface area contributed by atoms with E-state index in [1.807, 2.05) is 35.2 Å². The van der Waals surface area contributed by atoms with Crippen molar-refractivity contribution in [2.45, 2.75) is 37.1 Å². The highest BCUT2D eigenvalue weighted by Crippen LogP contribution is 2.28. The molecule has 0 bridgehead atoms. The van der Waals surface area contributed by atoms with Crippen molar-refractivity contribution in [2.75, 3.05) is 35.2 Å². The third kappa shape index (κ3) is 4.65. The molecular weight excluding hydrogens is 416 g/mol. The largest absolute Gasteiger partial charge is 0.372 e. The maximum Gasteiger partial charge on any atom is 0.237 e. The number of piperidine rings is 1. The Hall–Kier alpha value is -2.86. The smallest absolute Gasteiger partial charge is 0.237 e. The van der Waals surface area contributed by atoms with Gasteiger partial charge in [0.05, 0.1) is 11.4 Å². The Morgan fingerprint density at radius 1 is 0.844 bits per heavy atom. The third-order valence-electron chi connectivity index (χ3n) is 6.28. The molecule has 5 nitrogen and oxygen atoms in total. The highest BCUT2D eigenvalue weighted by Gasteiger charge is 2.22. The molecule has 6 heteroatoms. The number of rotatable bonds is 5. The van der Waals surface area contributed by atoms with Crippen LogP contribution in [0.15, 0.2) is 65.7 Å². The lowest BCUT2D eigenvalue weighted by Crippen LogP contribution is -2.36. The number of hydrogen-bond acceptors (Lipinski definition) is 5. The SMILES string of the molecule is O=C(CSc1ccc(-c2ccc(N3CCCCC3)cc2)nn1)N1CCCc2ccccc21. The number of anilines is 2. The molecule has 1 amide bonds. The van der Waals surface area contributed by atoms with E-state index in [9.17, 15) is 4.79 Å². The van der Waals surface area contributed by atoms with Gasteiger partial charge in [0.2, 0.25) is 5.91 Å². The summed E-state index contributed by atoms with van der Waals surface area (Å²) in [5, 5.41) is 9.54. The molecule has 3 heterocycles. The third-order valence-corrected chi connectivity index (χ3v) is 7.18. The van der Waals surface area contributed by atoms with Crippen molar-refractivity contribution in [2.24, 2.45) is 0 Å². The van der Waals surface area contributed by atoms with E-state index < -0.39 is 0 Å². The van der Waals surface area contributed by atoms with Crippen LogP contribution in [-0.2, 0) is 11.2 Å². The Balaban J connectivity index is 1.20. The van der Waals surface area contributed by atoms with E-state index in [4.69, 9.17) is 0 Å². The molecule has 0 unspecified atom stereocenters. The molecule has 5 rings (SSSR count). The minimum Gasteiger partial charge on any atom is -0.372 e. The van der Waals surface area contributed by atoms with Gasteiger partial charge in [0.1, 0.15) is 5.03 Å². The van der Waals surface area contributed by atoms with E-state index in [0.29, 0.717) is 5.75 Å². The normalized spacial score (nSPS) is 16.0. The van der Waals surface area contributed by atoms with Crippen LogP contribution >= 0.6 is 11.8 Å². The van der Waals surface area contributed by atoms with Gasteiger partial charge in [-0.25, -0.2) is 0 Å². The van der Waals surface area contributed by atoms with Crippen molar-refractivity contribution in [3.05, 3.63) is 66.2 Å². The van der Waals surface area contributed by atoms with Crippen LogP contribution in [0.1, 0.15) is 31.2 Å². The summed E-state index contributed by atoms with van der Waals surface area (Å²) in [7, 11) is 0. The standard InChI is InChI=1S/C26H28N4OS/c31-26(30-18-6-8-21-7-2-3-9-24(21)30)19-32-25-15-14-23(27-28-25)20-10-12-22(13-11-20)29-16-4-1-5-17-29/h2-3,7,9-15H,1,4-6,8,16-19H2. The fourth-order valence-corrected chi connectivity index (χ4v) is 5.24. The molecule has 0 N–H and O–H groups in total. The first-order chi connectivity index (χ1) is 15.8. The van der Waals surface area contributed by atoms with Crippen LogP contribution in [0, 0.1) is 0 Å². The van der Waals surface area contributed by atoms with E-state index in [1.165, 1.54) is 42.3 Å². The molecule has 0 saturated carbocycles. The van der Waals surface area contributed by atoms with Crippen LogP contribution in [0.25, 0.3) is 11.3 Å². The molecule has 0 aliphatic carbocycles. The Bertz CT molecular complexity index is 1060. The second-order valence-electron chi connectivity index (χ2n) is 8.42. The van der Waals surface area contributed by atoms with Gasteiger partial charge in [-0.1, -0.05) is 42.1 Å². The van der Waals surface area contributed by atoms with Crippen LogP contribution in [0.3, 0.4) is 0 Å². The van der Waals surface area contributed by atoms with Crippen LogP contribution in [0.5, 0.6) is 0 Å². The molecule has 32 heavy (non-hydrogen) atoms. The van der Waals surface area contributed by atoms with Crippen molar-refractivity contribution >= 4 is 29.0 Å². The first-order valence-corrected chi connectivity index (χ1v) is 12.5. The lowest BCUT2D eigenvalue weighted by Gasteiger charge is -2.29. The fraction of sp³-hybridized carbons (Fsp3) is 0.346. The zero-order valence-corrected chi connectivity index (χ0v) is 19.1. The van der Waals surface area contributed by atoms with Crippen LogP contribution in [0.4, 0.5) is 11.4 Å². The molecule has 3 aromatic rings. The van der Waals surface area contributed by atoms with Gasteiger partial charge in [-0.3, -0.25) is 4.79 Å². The maximum atomic E-state index is 12.8. The summed E-state index contributed by atoms with van der Waals surface area (Å²) in [6, 6.07) is 20.8. The second-order valence-corrected chi connectivity index (χ2v) is 9.41. The second kappa shape index (κ2) is 9.74. The van der Waals surface area contributed by atoms with Gasteiger partial charge < -0.3 is 9.80 Å². The number of amides is 1. The number of benzene rings is 2. The van der Waals surface area contributed by atoms with Crippen molar-refractivity contribution in [3.8, 4) is 11.3 Å². The van der Waals surface area contributed by atoms with E-state index in [-0.39, 0.29) is 5.91 Å². The predicted molar refractivity (Wildman–Crippen MR) is 131 cm³/mol. The summed E-state index contributed by atoms with van der Waals surface area (Å²) in [6.07, 6.45) is 5.95. The number of aryl methyl sites for hydroxylation is 1. The molecule has 0 atom stereocenters. The Morgan fingerprint density at radius 3 is 2.44 bits per heavy atom. The summed E-state index contributed by atoms with van der Waals surface area (Å²) in [5.74, 6) is 0.494. The maximum absolute atomic E-state index is 12.8. The fourth-order valence-electron chi connectivity index (χ4n) is 4.55. The first-order valence-electron chi connectivity index (χ1n) is 11.5. The predicted octanol–water partition coefficient (Wildman–Crippen LogP) is 5.21. The van der Waals surface area contributed by atoms with Crippen LogP contribution < -0.4 is 9.80 Å². The van der Waals surface area contributed by atoms with Gasteiger partial charge in [-0.15, -0.1) is 10.2 Å². The monoisotopic (exact) mass is 444 g/mol.